The number of carbonyl (C=O) groups is 2. The van der Waals surface area contributed by atoms with E-state index in [1.807, 2.05) is 6.07 Å². The molecule has 0 aliphatic carbocycles. The van der Waals surface area contributed by atoms with Gasteiger partial charge in [-0.15, -0.1) is 17.8 Å². The predicted molar refractivity (Wildman–Crippen MR) is 129 cm³/mol. The summed E-state index contributed by atoms with van der Waals surface area (Å²) in [6.45, 7) is 7.31. The molecule has 10 heteroatoms. The Kier molecular flexibility index (Phi) is 8.43. The topological polar surface area (TPSA) is 125 Å². The molecule has 0 aliphatic rings. The van der Waals surface area contributed by atoms with Crippen LogP contribution in [0.25, 0.3) is 11.8 Å². The number of aromatic nitrogens is 1. The first-order chi connectivity index (χ1) is 15.6. The molecule has 0 unspecified atom stereocenters. The van der Waals surface area contributed by atoms with E-state index >= 15 is 0 Å². The van der Waals surface area contributed by atoms with Crippen molar-refractivity contribution in [1.29, 1.82) is 5.26 Å². The minimum absolute atomic E-state index is 0.0278. The maximum absolute atomic E-state index is 12.8. The van der Waals surface area contributed by atoms with Crippen LogP contribution in [-0.2, 0) is 16.1 Å². The molecule has 0 bridgehead atoms. The molecule has 0 spiro atoms. The number of amides is 2. The number of nitriles is 1. The average molecular weight is 468 g/mol. The summed E-state index contributed by atoms with van der Waals surface area (Å²) in [6.07, 6.45) is 6.05. The van der Waals surface area contributed by atoms with Crippen LogP contribution in [0.15, 0.2) is 29.1 Å². The van der Waals surface area contributed by atoms with Gasteiger partial charge >= 0.3 is 6.09 Å². The van der Waals surface area contributed by atoms with Crippen LogP contribution in [0.2, 0.25) is 0 Å². The first-order valence-corrected chi connectivity index (χ1v) is 10.8. The summed E-state index contributed by atoms with van der Waals surface area (Å²) < 4.78 is 7.14. The van der Waals surface area contributed by atoms with Crippen molar-refractivity contribution in [3.63, 3.8) is 0 Å². The fourth-order valence-electron chi connectivity index (χ4n) is 2.67. The van der Waals surface area contributed by atoms with Crippen LogP contribution in [0.5, 0.6) is 0 Å². The van der Waals surface area contributed by atoms with Gasteiger partial charge in [-0.25, -0.2) is 4.79 Å². The van der Waals surface area contributed by atoms with Crippen molar-refractivity contribution >= 4 is 46.5 Å². The second-order valence-corrected chi connectivity index (χ2v) is 8.72. The molecule has 0 saturated heterocycles. The Morgan fingerprint density at radius 3 is 2.61 bits per heavy atom. The molecule has 0 atom stereocenters. The van der Waals surface area contributed by atoms with Gasteiger partial charge in [0.25, 0.3) is 11.5 Å². The first-order valence-electron chi connectivity index (χ1n) is 10.0. The lowest BCUT2D eigenvalue weighted by Gasteiger charge is -2.19. The molecule has 3 N–H and O–H groups in total. The highest BCUT2D eigenvalue weighted by molar-refractivity contribution is 7.07. The molecule has 2 amide bonds. The second-order valence-electron chi connectivity index (χ2n) is 7.69. The molecule has 0 fully saturated rings. The molecule has 0 saturated carbocycles. The Bertz CT molecular complexity index is 1300. The Morgan fingerprint density at radius 1 is 1.30 bits per heavy atom. The van der Waals surface area contributed by atoms with Crippen LogP contribution in [0.3, 0.4) is 0 Å². The average Bonchev–Trinajstić information content (AvgIpc) is 3.05. The van der Waals surface area contributed by atoms with Gasteiger partial charge in [-0.3, -0.25) is 19.5 Å². The summed E-state index contributed by atoms with van der Waals surface area (Å²) in [4.78, 5) is 37.0. The minimum atomic E-state index is -0.640. The van der Waals surface area contributed by atoms with Crippen LogP contribution in [-0.4, -0.2) is 28.7 Å². The van der Waals surface area contributed by atoms with Crippen LogP contribution in [0.1, 0.15) is 27.7 Å². The minimum Gasteiger partial charge on any atom is -0.444 e. The molecular weight excluding hydrogens is 442 g/mol. The lowest BCUT2D eigenvalue weighted by Crippen LogP contribution is -2.34. The van der Waals surface area contributed by atoms with Crippen LogP contribution in [0.4, 0.5) is 16.2 Å². The number of rotatable bonds is 6. The Hall–Kier alpha value is -4.02. The fraction of sp³-hybridized carbons (Fsp3) is 0.304. The number of anilines is 2. The molecule has 1 aromatic heterocycles. The third kappa shape index (κ3) is 6.99. The van der Waals surface area contributed by atoms with Crippen molar-refractivity contribution in [3.8, 4) is 18.4 Å². The largest absolute Gasteiger partial charge is 0.444 e. The number of terminal acetylenes is 1. The summed E-state index contributed by atoms with van der Waals surface area (Å²) in [5, 5.41) is 17.6. The second kappa shape index (κ2) is 11.0. The zero-order valence-electron chi connectivity index (χ0n) is 18.8. The van der Waals surface area contributed by atoms with Crippen molar-refractivity contribution in [3.05, 3.63) is 43.8 Å². The first kappa shape index (κ1) is 25.2. The smallest absolute Gasteiger partial charge is 0.412 e. The van der Waals surface area contributed by atoms with Gasteiger partial charge in [0.1, 0.15) is 20.9 Å². The zero-order chi connectivity index (χ0) is 24.6. The maximum Gasteiger partial charge on any atom is 0.412 e. The standard InChI is InChI=1S/C23H25N5O4S/c1-6-11-25-19(29)17(13-24)21-28(7-2)20(30)18(33-21)14-26-15-9-8-10-16(12-15)27-22(31)32-23(3,4)5/h1,8-10,12,14,26H,7,11H2,2-5H3,(H,25,29)(H,27,31)/b18-14+,21-17-. The van der Waals surface area contributed by atoms with Gasteiger partial charge < -0.3 is 15.4 Å². The highest BCUT2D eigenvalue weighted by atomic mass is 32.1. The van der Waals surface area contributed by atoms with E-state index in [0.717, 1.165) is 11.3 Å². The molecule has 1 heterocycles. The highest BCUT2D eigenvalue weighted by Gasteiger charge is 2.16. The number of benzene rings is 1. The molecular formula is C23H25N5O4S. The highest BCUT2D eigenvalue weighted by Crippen LogP contribution is 2.16. The summed E-state index contributed by atoms with van der Waals surface area (Å²) in [5.41, 5.74) is -0.0354. The Morgan fingerprint density at radius 2 is 2.00 bits per heavy atom. The predicted octanol–water partition coefficient (Wildman–Crippen LogP) is 1.55. The molecule has 2 aromatic rings. The van der Waals surface area contributed by atoms with Crippen molar-refractivity contribution < 1.29 is 14.3 Å². The Balaban J connectivity index is 2.37. The monoisotopic (exact) mass is 467 g/mol. The third-order valence-corrected chi connectivity index (χ3v) is 5.14. The summed E-state index contributed by atoms with van der Waals surface area (Å²) in [6, 6.07) is 8.71. The van der Waals surface area contributed by atoms with Crippen LogP contribution in [0, 0.1) is 23.7 Å². The zero-order valence-corrected chi connectivity index (χ0v) is 19.6. The SMILES string of the molecule is C#CCNC(=O)/C(C#N)=c1\s/c(=C/Nc2cccc(NC(=O)OC(C)(C)C)c2)c(=O)n1CC. The third-order valence-electron chi connectivity index (χ3n) is 4.01. The van der Waals surface area contributed by atoms with Gasteiger partial charge in [0.15, 0.2) is 5.57 Å². The quantitative estimate of drug-likeness (QED) is 0.554. The van der Waals surface area contributed by atoms with Crippen molar-refractivity contribution in [2.45, 2.75) is 39.8 Å². The van der Waals surface area contributed by atoms with E-state index in [1.54, 1.807) is 52.0 Å². The normalized spacial score (nSPS) is 12.2. The van der Waals surface area contributed by atoms with Gasteiger partial charge in [0.05, 0.1) is 6.54 Å². The molecule has 9 nitrogen and oxygen atoms in total. The number of thiazole rings is 1. The van der Waals surface area contributed by atoms with Crippen molar-refractivity contribution in [1.82, 2.24) is 9.88 Å². The molecule has 0 aliphatic heterocycles. The number of hydrogen-bond donors (Lipinski definition) is 3. The van der Waals surface area contributed by atoms with Gasteiger partial charge in [0.2, 0.25) is 0 Å². The number of nitrogens with zero attached hydrogens (tertiary/aromatic N) is 2. The lowest BCUT2D eigenvalue weighted by molar-refractivity contribution is -0.115. The maximum atomic E-state index is 12.8. The van der Waals surface area contributed by atoms with E-state index < -0.39 is 17.6 Å². The lowest BCUT2D eigenvalue weighted by atomic mass is 10.2. The molecule has 2 rings (SSSR count). The summed E-state index contributed by atoms with van der Waals surface area (Å²) >= 11 is 1.02. The van der Waals surface area contributed by atoms with Gasteiger partial charge in [-0.05, 0) is 45.9 Å². The van der Waals surface area contributed by atoms with E-state index in [2.05, 4.69) is 21.9 Å². The van der Waals surface area contributed by atoms with Crippen LogP contribution < -0.4 is 30.7 Å². The number of nitrogens with one attached hydrogen (secondary N) is 3. The van der Waals surface area contributed by atoms with Gasteiger partial charge in [0, 0.05) is 24.1 Å². The van der Waals surface area contributed by atoms with Crippen molar-refractivity contribution in [2.24, 2.45) is 0 Å². The Labute approximate surface area is 195 Å². The summed E-state index contributed by atoms with van der Waals surface area (Å²) in [5.74, 6) is 1.63. The summed E-state index contributed by atoms with van der Waals surface area (Å²) in [7, 11) is 0. The van der Waals surface area contributed by atoms with E-state index in [-0.39, 0.29) is 28.9 Å². The molecule has 172 valence electrons. The number of hydrogen-bond acceptors (Lipinski definition) is 7. The van der Waals surface area contributed by atoms with Crippen LogP contribution >= 0.6 is 11.3 Å². The van der Waals surface area contributed by atoms with Gasteiger partial charge in [-0.2, -0.15) is 5.26 Å². The fourth-order valence-corrected chi connectivity index (χ4v) is 3.75. The number of carbonyl (C=O) groups excluding carboxylic acids is 2. The van der Waals surface area contributed by atoms with E-state index in [0.29, 0.717) is 15.9 Å². The van der Waals surface area contributed by atoms with E-state index in [9.17, 15) is 19.6 Å². The molecule has 0 radical (unpaired) electrons. The van der Waals surface area contributed by atoms with Crippen molar-refractivity contribution in [2.75, 3.05) is 17.2 Å². The van der Waals surface area contributed by atoms with E-state index in [4.69, 9.17) is 11.2 Å². The number of ether oxygens (including phenoxy) is 1. The molecule has 33 heavy (non-hydrogen) atoms. The van der Waals surface area contributed by atoms with E-state index in [1.165, 1.54) is 10.8 Å². The van der Waals surface area contributed by atoms with Gasteiger partial charge in [-0.1, -0.05) is 12.0 Å². The molecule has 1 aromatic carbocycles.